The van der Waals surface area contributed by atoms with E-state index in [4.69, 9.17) is 0 Å². The van der Waals surface area contributed by atoms with Gasteiger partial charge in [-0.1, -0.05) is 103 Å². The van der Waals surface area contributed by atoms with Crippen molar-refractivity contribution in [2.75, 3.05) is 4.90 Å². The van der Waals surface area contributed by atoms with Gasteiger partial charge in [0.1, 0.15) is 0 Å². The van der Waals surface area contributed by atoms with E-state index in [1.54, 1.807) is 0 Å². The first-order chi connectivity index (χ1) is 19.9. The van der Waals surface area contributed by atoms with Crippen LogP contribution in [-0.4, -0.2) is 4.40 Å². The first-order valence-corrected chi connectivity index (χ1v) is 13.8. The smallest absolute Gasteiger partial charge is 0.0627 e. The summed E-state index contributed by atoms with van der Waals surface area (Å²) in [6, 6.07) is 53.0. The number of anilines is 3. The van der Waals surface area contributed by atoms with E-state index in [1.807, 2.05) is 0 Å². The maximum Gasteiger partial charge on any atom is 0.0627 e. The Morgan fingerprint density at radius 1 is 0.400 bits per heavy atom. The fourth-order valence-corrected chi connectivity index (χ4v) is 6.85. The third-order valence-corrected chi connectivity index (χ3v) is 8.46. The fraction of sp³-hybridized carbons (Fsp3) is 0. The average Bonchev–Trinajstić information content (AvgIpc) is 3.28. The lowest BCUT2D eigenvalue weighted by Crippen LogP contribution is -2.10. The van der Waals surface area contributed by atoms with Crippen molar-refractivity contribution >= 4 is 76.7 Å². The van der Waals surface area contributed by atoms with Gasteiger partial charge in [-0.2, -0.15) is 0 Å². The Balaban J connectivity index is 1.60. The minimum Gasteiger partial charge on any atom is -0.310 e. The molecule has 7 aromatic carbocycles. The van der Waals surface area contributed by atoms with E-state index in [1.165, 1.54) is 65.3 Å². The SMILES string of the molecule is c1ccc(N(c2ccccc2)c2cc3c4ccccc4n4c5ccccc5c5cccc6ccc2c(c65)c34)cc1. The second kappa shape index (κ2) is 8.08. The molecule has 0 aliphatic carbocycles. The molecule has 0 saturated heterocycles. The molecule has 0 aliphatic rings. The molecule has 0 unspecified atom stereocenters. The van der Waals surface area contributed by atoms with Crippen LogP contribution in [0.1, 0.15) is 0 Å². The molecule has 9 aromatic rings. The maximum absolute atomic E-state index is 2.50. The van der Waals surface area contributed by atoms with Gasteiger partial charge in [0.2, 0.25) is 0 Å². The van der Waals surface area contributed by atoms with Gasteiger partial charge < -0.3 is 9.30 Å². The predicted octanol–water partition coefficient (Wildman–Crippen LogP) is 10.6. The largest absolute Gasteiger partial charge is 0.310 e. The molecule has 0 fully saturated rings. The summed E-state index contributed by atoms with van der Waals surface area (Å²) >= 11 is 0. The topological polar surface area (TPSA) is 7.65 Å². The van der Waals surface area contributed by atoms with E-state index in [0.717, 1.165) is 11.4 Å². The van der Waals surface area contributed by atoms with Gasteiger partial charge >= 0.3 is 0 Å². The van der Waals surface area contributed by atoms with Gasteiger partial charge in [-0.15, -0.1) is 0 Å². The number of fused-ring (bicyclic) bond motifs is 6. The zero-order chi connectivity index (χ0) is 26.2. The van der Waals surface area contributed by atoms with E-state index in [0.29, 0.717) is 0 Å². The first kappa shape index (κ1) is 21.6. The van der Waals surface area contributed by atoms with Crippen LogP contribution in [0.4, 0.5) is 17.1 Å². The highest BCUT2D eigenvalue weighted by Gasteiger charge is 2.23. The Kier molecular flexibility index (Phi) is 4.36. The molecular weight excluding hydrogens is 484 g/mol. The van der Waals surface area contributed by atoms with Crippen molar-refractivity contribution in [3.05, 3.63) is 146 Å². The molecule has 0 atom stereocenters. The van der Waals surface area contributed by atoms with Gasteiger partial charge in [0.25, 0.3) is 0 Å². The van der Waals surface area contributed by atoms with Gasteiger partial charge in [0, 0.05) is 38.3 Å². The van der Waals surface area contributed by atoms with Crippen LogP contribution in [-0.2, 0) is 0 Å². The molecule has 9 rings (SSSR count). The van der Waals surface area contributed by atoms with Gasteiger partial charge in [-0.3, -0.25) is 0 Å². The predicted molar refractivity (Wildman–Crippen MR) is 171 cm³/mol. The van der Waals surface area contributed by atoms with Crippen LogP contribution in [0.25, 0.3) is 59.6 Å². The van der Waals surface area contributed by atoms with E-state index in [2.05, 4.69) is 155 Å². The van der Waals surface area contributed by atoms with Gasteiger partial charge in [-0.25, -0.2) is 0 Å². The second-order valence-electron chi connectivity index (χ2n) is 10.6. The lowest BCUT2D eigenvalue weighted by atomic mass is 9.94. The maximum atomic E-state index is 2.50. The van der Waals surface area contributed by atoms with Crippen molar-refractivity contribution in [1.82, 2.24) is 4.40 Å². The van der Waals surface area contributed by atoms with Crippen molar-refractivity contribution in [2.24, 2.45) is 0 Å². The summed E-state index contributed by atoms with van der Waals surface area (Å²) < 4.78 is 2.50. The summed E-state index contributed by atoms with van der Waals surface area (Å²) in [6.45, 7) is 0. The molecule has 0 radical (unpaired) electrons. The standard InChI is InChI=1S/C38H24N2/c1-3-13-26(14-4-1)39(27-15-5-2-6-16-27)35-24-32-29-18-8-10-21-34(29)40-33-20-9-7-17-28(33)30-19-11-12-25-22-23-31(35)37(36(25)30)38(32)40/h1-24H. The molecule has 0 aliphatic heterocycles. The monoisotopic (exact) mass is 508 g/mol. The summed E-state index contributed by atoms with van der Waals surface area (Å²) in [6.07, 6.45) is 0. The van der Waals surface area contributed by atoms with E-state index in [-0.39, 0.29) is 0 Å². The van der Waals surface area contributed by atoms with E-state index >= 15 is 0 Å². The van der Waals surface area contributed by atoms with E-state index in [9.17, 15) is 0 Å². The number of benzene rings is 7. The van der Waals surface area contributed by atoms with E-state index < -0.39 is 0 Å². The van der Waals surface area contributed by atoms with Crippen molar-refractivity contribution in [3.8, 4) is 0 Å². The summed E-state index contributed by atoms with van der Waals surface area (Å²) in [4.78, 5) is 2.41. The normalized spacial score (nSPS) is 12.0. The Hall–Kier alpha value is -5.34. The zero-order valence-corrected chi connectivity index (χ0v) is 21.8. The van der Waals surface area contributed by atoms with Crippen LogP contribution >= 0.6 is 0 Å². The third-order valence-electron chi connectivity index (χ3n) is 8.46. The molecule has 2 nitrogen and oxygen atoms in total. The van der Waals surface area contributed by atoms with Crippen LogP contribution in [0.3, 0.4) is 0 Å². The molecule has 2 heterocycles. The minimum absolute atomic E-state index is 1.14. The first-order valence-electron chi connectivity index (χ1n) is 13.8. The highest BCUT2D eigenvalue weighted by atomic mass is 15.1. The number of rotatable bonds is 3. The van der Waals surface area contributed by atoms with Crippen LogP contribution in [0.2, 0.25) is 0 Å². The highest BCUT2D eigenvalue weighted by molar-refractivity contribution is 6.34. The molecule has 0 spiro atoms. The van der Waals surface area contributed by atoms with Gasteiger partial charge in [0.05, 0.1) is 22.2 Å². The van der Waals surface area contributed by atoms with Crippen molar-refractivity contribution in [1.29, 1.82) is 0 Å². The quantitative estimate of drug-likeness (QED) is 0.215. The molecule has 40 heavy (non-hydrogen) atoms. The van der Waals surface area contributed by atoms with Crippen LogP contribution in [0.5, 0.6) is 0 Å². The lowest BCUT2D eigenvalue weighted by Gasteiger charge is -2.27. The highest BCUT2D eigenvalue weighted by Crippen LogP contribution is 2.48. The molecule has 0 N–H and O–H groups in total. The summed E-state index contributed by atoms with van der Waals surface area (Å²) in [5.74, 6) is 0. The number of hydrogen-bond acceptors (Lipinski definition) is 1. The van der Waals surface area contributed by atoms with Crippen molar-refractivity contribution in [2.45, 2.75) is 0 Å². The third kappa shape index (κ3) is 2.82. The van der Waals surface area contributed by atoms with Gasteiger partial charge in [0.15, 0.2) is 0 Å². The average molecular weight is 509 g/mol. The summed E-state index contributed by atoms with van der Waals surface area (Å²) in [5.41, 5.74) is 7.22. The minimum atomic E-state index is 1.14. The van der Waals surface area contributed by atoms with Crippen molar-refractivity contribution in [3.63, 3.8) is 0 Å². The molecule has 0 saturated carbocycles. The number of para-hydroxylation sites is 4. The number of hydrogen-bond donors (Lipinski definition) is 0. The van der Waals surface area contributed by atoms with Crippen LogP contribution < -0.4 is 4.90 Å². The van der Waals surface area contributed by atoms with Crippen LogP contribution in [0, 0.1) is 0 Å². The molecular formula is C38H24N2. The Morgan fingerprint density at radius 3 is 1.65 bits per heavy atom. The molecule has 186 valence electrons. The zero-order valence-electron chi connectivity index (χ0n) is 21.8. The van der Waals surface area contributed by atoms with Crippen LogP contribution in [0.15, 0.2) is 146 Å². The Bertz CT molecular complexity index is 2330. The number of nitrogens with zero attached hydrogens (tertiary/aromatic N) is 2. The van der Waals surface area contributed by atoms with Gasteiger partial charge in [-0.05, 0) is 58.6 Å². The fourth-order valence-electron chi connectivity index (χ4n) is 6.85. The molecule has 2 heteroatoms. The van der Waals surface area contributed by atoms with Crippen molar-refractivity contribution < 1.29 is 0 Å². The summed E-state index contributed by atoms with van der Waals surface area (Å²) in [5, 5.41) is 10.2. The lowest BCUT2D eigenvalue weighted by molar-refractivity contribution is 1.30. The molecule has 0 bridgehead atoms. The number of aromatic nitrogens is 1. The summed E-state index contributed by atoms with van der Waals surface area (Å²) in [7, 11) is 0. The molecule has 2 aromatic heterocycles. The molecule has 0 amide bonds. The Labute approximate surface area is 231 Å². The Morgan fingerprint density at radius 2 is 0.975 bits per heavy atom. The second-order valence-corrected chi connectivity index (χ2v) is 10.6.